The number of sulfonamides is 1. The summed E-state index contributed by atoms with van der Waals surface area (Å²) in [6, 6.07) is 15.8. The van der Waals surface area contributed by atoms with Crippen molar-refractivity contribution >= 4 is 33.2 Å². The lowest BCUT2D eigenvalue weighted by molar-refractivity contribution is -0.120. The molecule has 0 unspecified atom stereocenters. The number of carbonyl (C=O) groups is 1. The quantitative estimate of drug-likeness (QED) is 0.682. The lowest BCUT2D eigenvalue weighted by atomic mass is 10.3. The van der Waals surface area contributed by atoms with Crippen molar-refractivity contribution in [1.82, 2.24) is 10.0 Å². The van der Waals surface area contributed by atoms with Gasteiger partial charge in [-0.2, -0.15) is 0 Å². The molecule has 0 bridgehead atoms. The van der Waals surface area contributed by atoms with Crippen molar-refractivity contribution in [2.24, 2.45) is 0 Å². The largest absolute Gasteiger partial charge is 0.373 e. The minimum Gasteiger partial charge on any atom is -0.373 e. The fraction of sp³-hybridized carbons (Fsp3) is 0.278. The second-order valence-electron chi connectivity index (χ2n) is 5.71. The average Bonchev–Trinajstić information content (AvgIpc) is 2.62. The van der Waals surface area contributed by atoms with E-state index < -0.39 is 10.0 Å². The highest BCUT2D eigenvalue weighted by molar-refractivity contribution is 7.89. The van der Waals surface area contributed by atoms with Crippen molar-refractivity contribution in [3.8, 4) is 0 Å². The Morgan fingerprint density at radius 2 is 1.81 bits per heavy atom. The third-order valence-electron chi connectivity index (χ3n) is 3.72. The Hall–Kier alpha value is -2.09. The van der Waals surface area contributed by atoms with Crippen LogP contribution >= 0.6 is 11.6 Å². The first-order valence-electron chi connectivity index (χ1n) is 8.16. The number of benzene rings is 2. The van der Waals surface area contributed by atoms with Crippen molar-refractivity contribution in [3.05, 3.63) is 59.6 Å². The van der Waals surface area contributed by atoms with Gasteiger partial charge in [0.25, 0.3) is 0 Å². The van der Waals surface area contributed by atoms with Crippen LogP contribution in [-0.2, 0) is 14.8 Å². The number of carbonyl (C=O) groups excluding carboxylic acids is 1. The van der Waals surface area contributed by atoms with Crippen LogP contribution in [-0.4, -0.2) is 41.0 Å². The number of nitrogens with zero attached hydrogens (tertiary/aromatic N) is 1. The molecule has 0 aliphatic carbocycles. The van der Waals surface area contributed by atoms with Gasteiger partial charge < -0.3 is 10.2 Å². The number of amides is 1. The maximum atomic E-state index is 12.1. The SMILES string of the molecule is CN(CCNC(=O)CCNS(=O)(=O)c1cccc(Cl)c1)c1ccccc1. The third-order valence-corrected chi connectivity index (χ3v) is 5.41. The summed E-state index contributed by atoms with van der Waals surface area (Å²) in [5.74, 6) is -0.208. The van der Waals surface area contributed by atoms with Crippen LogP contribution in [0.15, 0.2) is 59.5 Å². The van der Waals surface area contributed by atoms with Gasteiger partial charge in [-0.3, -0.25) is 4.79 Å². The number of para-hydroxylation sites is 1. The monoisotopic (exact) mass is 395 g/mol. The molecule has 2 aromatic carbocycles. The Bertz CT molecular complexity index is 829. The molecule has 2 N–H and O–H groups in total. The van der Waals surface area contributed by atoms with Crippen LogP contribution in [0.3, 0.4) is 0 Å². The molecule has 0 aliphatic heterocycles. The molecule has 0 aromatic heterocycles. The molecule has 8 heteroatoms. The highest BCUT2D eigenvalue weighted by atomic mass is 35.5. The first-order valence-corrected chi connectivity index (χ1v) is 10.0. The van der Waals surface area contributed by atoms with E-state index in [1.54, 1.807) is 12.1 Å². The molecule has 0 aliphatic rings. The maximum Gasteiger partial charge on any atom is 0.240 e. The van der Waals surface area contributed by atoms with Crippen LogP contribution in [0.4, 0.5) is 5.69 Å². The zero-order valence-corrected chi connectivity index (χ0v) is 16.1. The summed E-state index contributed by atoms with van der Waals surface area (Å²) in [5.41, 5.74) is 1.07. The zero-order chi connectivity index (χ0) is 19.0. The maximum absolute atomic E-state index is 12.1. The van der Waals surface area contributed by atoms with Gasteiger partial charge in [0.05, 0.1) is 4.90 Å². The number of likely N-dealkylation sites (N-methyl/N-ethyl adjacent to an activating group) is 1. The lowest BCUT2D eigenvalue weighted by Gasteiger charge is -2.19. The summed E-state index contributed by atoms with van der Waals surface area (Å²) in [6.45, 7) is 1.16. The predicted molar refractivity (Wildman–Crippen MR) is 104 cm³/mol. The molecule has 0 saturated heterocycles. The molecule has 0 fully saturated rings. The molecule has 1 amide bonds. The van der Waals surface area contributed by atoms with Crippen LogP contribution in [0.1, 0.15) is 6.42 Å². The van der Waals surface area contributed by atoms with Gasteiger partial charge >= 0.3 is 0 Å². The molecule has 2 aromatic rings. The standard InChI is InChI=1S/C18H22ClN3O3S/c1-22(16-7-3-2-4-8-16)13-12-20-18(23)10-11-21-26(24,25)17-9-5-6-15(19)14-17/h2-9,14,21H,10-13H2,1H3,(H,20,23). The Balaban J connectivity index is 1.70. The molecule has 26 heavy (non-hydrogen) atoms. The van der Waals surface area contributed by atoms with E-state index >= 15 is 0 Å². The van der Waals surface area contributed by atoms with Crippen molar-refractivity contribution in [3.63, 3.8) is 0 Å². The Morgan fingerprint density at radius 1 is 1.08 bits per heavy atom. The molecule has 6 nitrogen and oxygen atoms in total. The first-order chi connectivity index (χ1) is 12.4. The van der Waals surface area contributed by atoms with E-state index in [9.17, 15) is 13.2 Å². The molecule has 2 rings (SSSR count). The fourth-order valence-corrected chi connectivity index (χ4v) is 3.61. The van der Waals surface area contributed by atoms with Gasteiger partial charge in [0.1, 0.15) is 0 Å². The number of anilines is 1. The highest BCUT2D eigenvalue weighted by Gasteiger charge is 2.14. The molecule has 0 radical (unpaired) electrons. The van der Waals surface area contributed by atoms with Crippen LogP contribution in [0.2, 0.25) is 5.02 Å². The van der Waals surface area contributed by atoms with Gasteiger partial charge in [0.2, 0.25) is 15.9 Å². The van der Waals surface area contributed by atoms with Gasteiger partial charge in [-0.1, -0.05) is 35.9 Å². The normalized spacial score (nSPS) is 11.2. The second kappa shape index (κ2) is 9.56. The van der Waals surface area contributed by atoms with Crippen molar-refractivity contribution in [1.29, 1.82) is 0 Å². The zero-order valence-electron chi connectivity index (χ0n) is 14.5. The number of hydrogen-bond donors (Lipinski definition) is 2. The van der Waals surface area contributed by atoms with Crippen molar-refractivity contribution < 1.29 is 13.2 Å². The van der Waals surface area contributed by atoms with Gasteiger partial charge in [0, 0.05) is 43.8 Å². The third kappa shape index (κ3) is 6.33. The minimum atomic E-state index is -3.67. The topological polar surface area (TPSA) is 78.5 Å². The van der Waals surface area contributed by atoms with Crippen molar-refractivity contribution in [2.75, 3.05) is 31.6 Å². The average molecular weight is 396 g/mol. The number of hydrogen-bond acceptors (Lipinski definition) is 4. The molecule has 0 spiro atoms. The van der Waals surface area contributed by atoms with Gasteiger partial charge in [-0.15, -0.1) is 0 Å². The second-order valence-corrected chi connectivity index (χ2v) is 7.92. The molecular weight excluding hydrogens is 374 g/mol. The number of halogens is 1. The van der Waals surface area contributed by atoms with E-state index in [-0.39, 0.29) is 23.8 Å². The van der Waals surface area contributed by atoms with E-state index in [2.05, 4.69) is 10.0 Å². The van der Waals surface area contributed by atoms with Crippen LogP contribution in [0, 0.1) is 0 Å². The first kappa shape index (κ1) is 20.2. The molecular formula is C18H22ClN3O3S. The molecule has 0 atom stereocenters. The summed E-state index contributed by atoms with van der Waals surface area (Å²) in [6.07, 6.45) is 0.0643. The van der Waals surface area contributed by atoms with E-state index in [0.717, 1.165) is 5.69 Å². The van der Waals surface area contributed by atoms with Gasteiger partial charge in [-0.25, -0.2) is 13.1 Å². The van der Waals surface area contributed by atoms with E-state index in [0.29, 0.717) is 18.1 Å². The number of nitrogens with one attached hydrogen (secondary N) is 2. The molecule has 0 saturated carbocycles. The van der Waals surface area contributed by atoms with E-state index in [1.165, 1.54) is 12.1 Å². The Morgan fingerprint density at radius 3 is 2.50 bits per heavy atom. The predicted octanol–water partition coefficient (Wildman–Crippen LogP) is 2.26. The van der Waals surface area contributed by atoms with Gasteiger partial charge in [-0.05, 0) is 30.3 Å². The lowest BCUT2D eigenvalue weighted by Crippen LogP contribution is -2.35. The smallest absolute Gasteiger partial charge is 0.240 e. The molecule has 0 heterocycles. The minimum absolute atomic E-state index is 0.0230. The fourth-order valence-electron chi connectivity index (χ4n) is 2.28. The highest BCUT2D eigenvalue weighted by Crippen LogP contribution is 2.15. The summed E-state index contributed by atoms with van der Waals surface area (Å²) in [4.78, 5) is 14.0. The van der Waals surface area contributed by atoms with Crippen LogP contribution in [0.25, 0.3) is 0 Å². The van der Waals surface area contributed by atoms with Gasteiger partial charge in [0.15, 0.2) is 0 Å². The van der Waals surface area contributed by atoms with E-state index in [4.69, 9.17) is 11.6 Å². The Labute approximate surface area is 159 Å². The summed E-state index contributed by atoms with van der Waals surface area (Å²) in [5, 5.41) is 3.12. The van der Waals surface area contributed by atoms with E-state index in [1.807, 2.05) is 42.3 Å². The number of rotatable bonds is 9. The summed E-state index contributed by atoms with van der Waals surface area (Å²) >= 11 is 5.80. The molecule has 140 valence electrons. The summed E-state index contributed by atoms with van der Waals surface area (Å²) < 4.78 is 26.6. The van der Waals surface area contributed by atoms with Crippen LogP contribution in [0.5, 0.6) is 0 Å². The van der Waals surface area contributed by atoms with Crippen LogP contribution < -0.4 is 14.9 Å². The Kier molecular flexibility index (Phi) is 7.44. The van der Waals surface area contributed by atoms with Crippen molar-refractivity contribution in [2.45, 2.75) is 11.3 Å². The summed E-state index contributed by atoms with van der Waals surface area (Å²) in [7, 11) is -1.73.